The Balaban J connectivity index is 2.02. The van der Waals surface area contributed by atoms with Gasteiger partial charge in [-0.1, -0.05) is 24.3 Å². The molecular weight excluding hydrogens is 336 g/mol. The predicted octanol–water partition coefficient (Wildman–Crippen LogP) is 3.85. The topological polar surface area (TPSA) is 68.2 Å². The fourth-order valence-electron chi connectivity index (χ4n) is 3.65. The van der Waals surface area contributed by atoms with Gasteiger partial charge < -0.3 is 15.4 Å². The van der Waals surface area contributed by atoms with Crippen LogP contribution in [-0.2, 0) is 13.2 Å². The molecule has 4 heteroatoms. The lowest BCUT2D eigenvalue weighted by atomic mass is 10.0. The highest BCUT2D eigenvalue weighted by Gasteiger charge is 2.17. The zero-order valence-electron chi connectivity index (χ0n) is 15.4. The van der Waals surface area contributed by atoms with Crippen molar-refractivity contribution in [2.24, 2.45) is 5.73 Å². The molecule has 0 unspecified atom stereocenters. The summed E-state index contributed by atoms with van der Waals surface area (Å²) in [6.45, 7) is 4.81. The van der Waals surface area contributed by atoms with E-state index in [-0.39, 0.29) is 6.61 Å². The van der Waals surface area contributed by atoms with Gasteiger partial charge in [-0.2, -0.15) is 0 Å². The van der Waals surface area contributed by atoms with Gasteiger partial charge in [0.2, 0.25) is 5.91 Å². The highest BCUT2D eigenvalue weighted by Crippen LogP contribution is 2.33. The van der Waals surface area contributed by atoms with Crippen molar-refractivity contribution in [3.05, 3.63) is 82.4 Å². The number of aromatic nitrogens is 1. The monoisotopic (exact) mass is 357 g/mol. The molecule has 1 heterocycles. The Hall–Kier alpha value is -3.11. The maximum absolute atomic E-state index is 12.0. The molecule has 1 amide bonds. The van der Waals surface area contributed by atoms with Crippen molar-refractivity contribution in [1.29, 1.82) is 0 Å². The van der Waals surface area contributed by atoms with Crippen LogP contribution in [0.4, 0.5) is 0 Å². The van der Waals surface area contributed by atoms with Crippen LogP contribution in [-0.4, -0.2) is 15.6 Å². The maximum Gasteiger partial charge on any atom is 0.249 e. The number of aryl methyl sites for hydroxylation is 2. The molecule has 27 heavy (non-hydrogen) atoms. The number of aliphatic hydroxyl groups excluding tert-OH is 1. The van der Waals surface area contributed by atoms with Crippen molar-refractivity contribution in [2.75, 3.05) is 0 Å². The lowest BCUT2D eigenvalue weighted by Gasteiger charge is -2.10. The number of carbonyl (C=O) groups is 1. The first-order valence-corrected chi connectivity index (χ1v) is 8.92. The number of fused-ring (bicyclic) bond motifs is 3. The molecular formula is C23H21N2O2. The first-order valence-electron chi connectivity index (χ1n) is 8.92. The first-order chi connectivity index (χ1) is 13.0. The molecule has 4 nitrogen and oxygen atoms in total. The Kier molecular flexibility index (Phi) is 4.21. The Morgan fingerprint density at radius 3 is 2.59 bits per heavy atom. The van der Waals surface area contributed by atoms with Crippen molar-refractivity contribution in [3.8, 4) is 0 Å². The normalized spacial score (nSPS) is 11.4. The lowest BCUT2D eigenvalue weighted by Crippen LogP contribution is -2.11. The minimum absolute atomic E-state index is 0.0553. The van der Waals surface area contributed by atoms with Crippen LogP contribution < -0.4 is 5.73 Å². The van der Waals surface area contributed by atoms with E-state index in [1.807, 2.05) is 18.2 Å². The summed E-state index contributed by atoms with van der Waals surface area (Å²) in [6, 6.07) is 19.0. The molecule has 3 N–H and O–H groups in total. The summed E-state index contributed by atoms with van der Waals surface area (Å²) < 4.78 is 2.16. The van der Waals surface area contributed by atoms with Gasteiger partial charge in [-0.05, 0) is 66.4 Å². The number of benzene rings is 3. The van der Waals surface area contributed by atoms with Crippen LogP contribution in [0.3, 0.4) is 0 Å². The van der Waals surface area contributed by atoms with Gasteiger partial charge in [0.05, 0.1) is 17.6 Å². The van der Waals surface area contributed by atoms with E-state index in [9.17, 15) is 9.90 Å². The molecule has 1 radical (unpaired) electrons. The molecule has 0 fully saturated rings. The number of nitrogens with zero attached hydrogens (tertiary/aromatic N) is 1. The number of hydrogen-bond acceptors (Lipinski definition) is 2. The highest BCUT2D eigenvalue weighted by molar-refractivity contribution is 6.17. The second-order valence-electron chi connectivity index (χ2n) is 6.99. The summed E-state index contributed by atoms with van der Waals surface area (Å²) in [5.74, 6) is -0.453. The summed E-state index contributed by atoms with van der Waals surface area (Å²) >= 11 is 0. The van der Waals surface area contributed by atoms with Gasteiger partial charge >= 0.3 is 0 Å². The third-order valence-corrected chi connectivity index (χ3v) is 5.21. The van der Waals surface area contributed by atoms with Gasteiger partial charge in [-0.25, -0.2) is 0 Å². The van der Waals surface area contributed by atoms with Crippen LogP contribution in [0.1, 0.15) is 32.6 Å². The number of amides is 1. The summed E-state index contributed by atoms with van der Waals surface area (Å²) in [5.41, 5.74) is 12.4. The van der Waals surface area contributed by atoms with E-state index < -0.39 is 5.91 Å². The van der Waals surface area contributed by atoms with E-state index in [2.05, 4.69) is 42.7 Å². The smallest absolute Gasteiger partial charge is 0.249 e. The van der Waals surface area contributed by atoms with Gasteiger partial charge in [-0.15, -0.1) is 0 Å². The van der Waals surface area contributed by atoms with Gasteiger partial charge in [-0.3, -0.25) is 4.79 Å². The molecule has 0 saturated heterocycles. The van der Waals surface area contributed by atoms with Crippen LogP contribution in [0.5, 0.6) is 0 Å². The average molecular weight is 357 g/mol. The lowest BCUT2D eigenvalue weighted by molar-refractivity contribution is 0.100. The van der Waals surface area contributed by atoms with E-state index in [0.29, 0.717) is 12.1 Å². The van der Waals surface area contributed by atoms with Crippen LogP contribution in [0.15, 0.2) is 48.5 Å². The molecule has 0 spiro atoms. The van der Waals surface area contributed by atoms with Gasteiger partial charge in [0, 0.05) is 22.9 Å². The molecule has 4 rings (SSSR count). The summed E-state index contributed by atoms with van der Waals surface area (Å²) in [5, 5.41) is 11.2. The van der Waals surface area contributed by atoms with E-state index in [4.69, 9.17) is 5.73 Å². The average Bonchev–Trinajstić information content (AvgIpc) is 2.97. The Bertz CT molecular complexity index is 1190. The molecule has 0 atom stereocenters. The zero-order chi connectivity index (χ0) is 19.1. The maximum atomic E-state index is 12.0. The molecule has 0 aliphatic heterocycles. The second-order valence-corrected chi connectivity index (χ2v) is 6.99. The SMILES string of the molecule is Cc1ccc(Cn2c3cc(CO)c[c]c3c3c(C(N)=O)cccc32)cc1C. The Morgan fingerprint density at radius 1 is 1.07 bits per heavy atom. The van der Waals surface area contributed by atoms with Crippen LogP contribution in [0.2, 0.25) is 0 Å². The first kappa shape index (κ1) is 17.3. The van der Waals surface area contributed by atoms with Crippen molar-refractivity contribution < 1.29 is 9.90 Å². The third kappa shape index (κ3) is 2.88. The molecule has 1 aromatic heterocycles. The van der Waals surface area contributed by atoms with Gasteiger partial charge in [0.1, 0.15) is 0 Å². The van der Waals surface area contributed by atoms with Crippen LogP contribution in [0, 0.1) is 19.9 Å². The molecule has 0 bridgehead atoms. The van der Waals surface area contributed by atoms with E-state index in [1.54, 1.807) is 12.1 Å². The standard InChI is InChI=1S/C23H21N2O2/c1-14-6-7-16(10-15(14)2)12-25-20-5-3-4-19(23(24)27)22(20)18-9-8-17(13-26)11-21(18)25/h3-8,10-11,26H,12-13H2,1-2H3,(H2,24,27). The van der Waals surface area contributed by atoms with Crippen molar-refractivity contribution in [3.63, 3.8) is 0 Å². The number of aliphatic hydroxyl groups is 1. The van der Waals surface area contributed by atoms with Crippen LogP contribution >= 0.6 is 0 Å². The van der Waals surface area contributed by atoms with Crippen molar-refractivity contribution in [1.82, 2.24) is 4.57 Å². The molecule has 0 saturated carbocycles. The quantitative estimate of drug-likeness (QED) is 0.582. The zero-order valence-corrected chi connectivity index (χ0v) is 15.4. The van der Waals surface area contributed by atoms with Crippen molar-refractivity contribution in [2.45, 2.75) is 27.0 Å². The number of hydrogen-bond donors (Lipinski definition) is 2. The van der Waals surface area contributed by atoms with E-state index >= 15 is 0 Å². The predicted molar refractivity (Wildman–Crippen MR) is 108 cm³/mol. The highest BCUT2D eigenvalue weighted by atomic mass is 16.3. The fourth-order valence-corrected chi connectivity index (χ4v) is 3.65. The van der Waals surface area contributed by atoms with Gasteiger partial charge in [0.15, 0.2) is 0 Å². The minimum Gasteiger partial charge on any atom is -0.392 e. The third-order valence-electron chi connectivity index (χ3n) is 5.21. The number of primary amides is 1. The van der Waals surface area contributed by atoms with Gasteiger partial charge in [0.25, 0.3) is 0 Å². The minimum atomic E-state index is -0.453. The molecule has 4 aromatic rings. The summed E-state index contributed by atoms with van der Waals surface area (Å²) in [7, 11) is 0. The number of nitrogens with two attached hydrogens (primary N) is 1. The summed E-state index contributed by atoms with van der Waals surface area (Å²) in [4.78, 5) is 12.0. The van der Waals surface area contributed by atoms with Crippen LogP contribution in [0.25, 0.3) is 21.8 Å². The number of carbonyl (C=O) groups excluding carboxylic acids is 1. The Morgan fingerprint density at radius 2 is 1.89 bits per heavy atom. The molecule has 0 aliphatic rings. The molecule has 0 aliphatic carbocycles. The number of rotatable bonds is 4. The van der Waals surface area contributed by atoms with Crippen molar-refractivity contribution >= 4 is 27.7 Å². The fraction of sp³-hybridized carbons (Fsp3) is 0.174. The largest absolute Gasteiger partial charge is 0.392 e. The summed E-state index contributed by atoms with van der Waals surface area (Å²) in [6.07, 6.45) is 0. The van der Waals surface area contributed by atoms with E-state index in [0.717, 1.165) is 27.4 Å². The second kappa shape index (κ2) is 6.56. The molecule has 3 aromatic carbocycles. The Labute approximate surface area is 157 Å². The van der Waals surface area contributed by atoms with E-state index in [1.165, 1.54) is 16.7 Å². The molecule has 135 valence electrons.